The normalized spacial score (nSPS) is 18.3. The highest BCUT2D eigenvalue weighted by molar-refractivity contribution is 6.06. The van der Waals surface area contributed by atoms with Crippen LogP contribution < -0.4 is 10.6 Å². The van der Waals surface area contributed by atoms with Crippen LogP contribution in [-0.4, -0.2) is 46.8 Å². The van der Waals surface area contributed by atoms with Crippen molar-refractivity contribution in [2.24, 2.45) is 0 Å². The Labute approximate surface area is 114 Å². The average Bonchev–Trinajstić information content (AvgIpc) is 2.66. The molecule has 0 spiro atoms. The van der Waals surface area contributed by atoms with E-state index in [0.29, 0.717) is 5.82 Å². The Hall–Kier alpha value is -2.71. The van der Waals surface area contributed by atoms with Gasteiger partial charge in [-0.3, -0.25) is 24.6 Å². The number of carbonyl (C=O) groups excluding carboxylic acids is 2. The standard InChI is InChI=1S/C11H13N5O4/c1-12-8-4-3-7(16(19)20)10(14-8)13-6-5-9(17)15(2)11(6)18/h3-4,6H,5H2,1-2H3,(H2,12,13,14). The largest absolute Gasteiger partial charge is 0.373 e. The summed E-state index contributed by atoms with van der Waals surface area (Å²) in [5.41, 5.74) is -0.251. The van der Waals surface area contributed by atoms with Gasteiger partial charge in [-0.05, 0) is 6.07 Å². The van der Waals surface area contributed by atoms with Crippen LogP contribution in [0.3, 0.4) is 0 Å². The molecule has 2 N–H and O–H groups in total. The maximum absolute atomic E-state index is 11.8. The number of nitro groups is 1. The summed E-state index contributed by atoms with van der Waals surface area (Å²) in [5, 5.41) is 16.4. The Morgan fingerprint density at radius 2 is 2.15 bits per heavy atom. The van der Waals surface area contributed by atoms with Gasteiger partial charge >= 0.3 is 5.69 Å². The molecule has 0 aliphatic carbocycles. The summed E-state index contributed by atoms with van der Waals surface area (Å²) in [7, 11) is 2.99. The molecule has 0 bridgehead atoms. The lowest BCUT2D eigenvalue weighted by Gasteiger charge is -2.12. The molecule has 1 aromatic heterocycles. The van der Waals surface area contributed by atoms with Crippen LogP contribution in [0.5, 0.6) is 0 Å². The third-order valence-corrected chi connectivity index (χ3v) is 3.02. The molecule has 1 aliphatic rings. The fourth-order valence-electron chi connectivity index (χ4n) is 1.88. The van der Waals surface area contributed by atoms with Crippen molar-refractivity contribution in [3.63, 3.8) is 0 Å². The SMILES string of the molecule is CNc1ccc([N+](=O)[O-])c(NC2CC(=O)N(C)C2=O)n1. The first-order valence-electron chi connectivity index (χ1n) is 5.84. The highest BCUT2D eigenvalue weighted by Gasteiger charge is 2.37. The zero-order chi connectivity index (χ0) is 14.9. The van der Waals surface area contributed by atoms with E-state index in [1.807, 2.05) is 0 Å². The number of anilines is 2. The number of likely N-dealkylation sites (N-methyl/N-ethyl adjacent to an activating group) is 1. The number of imide groups is 1. The van der Waals surface area contributed by atoms with E-state index in [-0.39, 0.29) is 23.8 Å². The van der Waals surface area contributed by atoms with Gasteiger partial charge < -0.3 is 10.6 Å². The third-order valence-electron chi connectivity index (χ3n) is 3.02. The van der Waals surface area contributed by atoms with Crippen molar-refractivity contribution in [1.29, 1.82) is 0 Å². The predicted molar refractivity (Wildman–Crippen MR) is 70.2 cm³/mol. The molecular weight excluding hydrogens is 266 g/mol. The van der Waals surface area contributed by atoms with Crippen molar-refractivity contribution < 1.29 is 14.5 Å². The van der Waals surface area contributed by atoms with Gasteiger partial charge in [0.2, 0.25) is 11.7 Å². The summed E-state index contributed by atoms with van der Waals surface area (Å²) in [6.45, 7) is 0. The predicted octanol–water partition coefficient (Wildman–Crippen LogP) is 0.201. The first kappa shape index (κ1) is 13.7. The first-order chi connectivity index (χ1) is 9.43. The summed E-state index contributed by atoms with van der Waals surface area (Å²) in [6.07, 6.45) is -0.0437. The van der Waals surface area contributed by atoms with Crippen LogP contribution in [0.25, 0.3) is 0 Å². The van der Waals surface area contributed by atoms with Crippen LogP contribution in [0.1, 0.15) is 6.42 Å². The molecule has 2 rings (SSSR count). The Kier molecular flexibility index (Phi) is 3.51. The Morgan fingerprint density at radius 3 is 2.65 bits per heavy atom. The Balaban J connectivity index is 2.30. The van der Waals surface area contributed by atoms with Crippen molar-refractivity contribution >= 4 is 29.1 Å². The molecule has 0 saturated carbocycles. The van der Waals surface area contributed by atoms with Crippen molar-refractivity contribution in [2.75, 3.05) is 24.7 Å². The maximum atomic E-state index is 11.8. The van der Waals surface area contributed by atoms with Gasteiger partial charge in [-0.2, -0.15) is 0 Å². The van der Waals surface area contributed by atoms with E-state index in [2.05, 4.69) is 15.6 Å². The highest BCUT2D eigenvalue weighted by atomic mass is 16.6. The molecule has 1 fully saturated rings. The van der Waals surface area contributed by atoms with E-state index in [9.17, 15) is 19.7 Å². The number of amides is 2. The second-order valence-corrected chi connectivity index (χ2v) is 4.26. The van der Waals surface area contributed by atoms with Crippen molar-refractivity contribution in [3.8, 4) is 0 Å². The fourth-order valence-corrected chi connectivity index (χ4v) is 1.88. The van der Waals surface area contributed by atoms with Gasteiger partial charge in [0.1, 0.15) is 11.9 Å². The molecule has 0 aromatic carbocycles. The number of hydrogen-bond acceptors (Lipinski definition) is 7. The lowest BCUT2D eigenvalue weighted by Crippen LogP contribution is -2.32. The summed E-state index contributed by atoms with van der Waals surface area (Å²) in [5.74, 6) is -0.382. The number of rotatable bonds is 4. The van der Waals surface area contributed by atoms with Gasteiger partial charge in [0.25, 0.3) is 5.91 Å². The van der Waals surface area contributed by atoms with E-state index >= 15 is 0 Å². The Bertz CT molecular complexity index is 588. The van der Waals surface area contributed by atoms with E-state index in [0.717, 1.165) is 4.90 Å². The molecule has 2 heterocycles. The zero-order valence-corrected chi connectivity index (χ0v) is 10.9. The summed E-state index contributed by atoms with van der Waals surface area (Å²) >= 11 is 0. The molecular formula is C11H13N5O4. The van der Waals surface area contributed by atoms with Gasteiger partial charge in [-0.15, -0.1) is 0 Å². The third kappa shape index (κ3) is 2.37. The molecule has 1 aromatic rings. The molecule has 1 saturated heterocycles. The van der Waals surface area contributed by atoms with Crippen molar-refractivity contribution in [2.45, 2.75) is 12.5 Å². The number of nitrogens with one attached hydrogen (secondary N) is 2. The summed E-state index contributed by atoms with van der Waals surface area (Å²) in [6, 6.07) is 1.91. The smallest absolute Gasteiger partial charge is 0.311 e. The van der Waals surface area contributed by atoms with Gasteiger partial charge in [0.15, 0.2) is 0 Å². The summed E-state index contributed by atoms with van der Waals surface area (Å²) < 4.78 is 0. The number of carbonyl (C=O) groups is 2. The number of likely N-dealkylation sites (tertiary alicyclic amines) is 1. The number of nitrogens with zero attached hydrogens (tertiary/aromatic N) is 3. The van der Waals surface area contributed by atoms with Crippen LogP contribution in [-0.2, 0) is 9.59 Å². The lowest BCUT2D eigenvalue weighted by molar-refractivity contribution is -0.384. The van der Waals surface area contributed by atoms with Crippen molar-refractivity contribution in [3.05, 3.63) is 22.2 Å². The molecule has 9 heteroatoms. The topological polar surface area (TPSA) is 117 Å². The second kappa shape index (κ2) is 5.11. The van der Waals surface area contributed by atoms with Crippen LogP contribution in [0.15, 0.2) is 12.1 Å². The highest BCUT2D eigenvalue weighted by Crippen LogP contribution is 2.26. The summed E-state index contributed by atoms with van der Waals surface area (Å²) in [4.78, 5) is 38.6. The minimum absolute atomic E-state index is 0.0386. The Morgan fingerprint density at radius 1 is 1.45 bits per heavy atom. The van der Waals surface area contributed by atoms with Gasteiger partial charge in [0.05, 0.1) is 11.3 Å². The number of aromatic nitrogens is 1. The first-order valence-corrected chi connectivity index (χ1v) is 5.84. The molecule has 9 nitrogen and oxygen atoms in total. The maximum Gasteiger partial charge on any atom is 0.311 e. The van der Waals surface area contributed by atoms with Gasteiger partial charge in [-0.1, -0.05) is 0 Å². The number of pyridine rings is 1. The lowest BCUT2D eigenvalue weighted by atomic mass is 10.2. The van der Waals surface area contributed by atoms with Gasteiger partial charge in [0, 0.05) is 20.2 Å². The van der Waals surface area contributed by atoms with E-state index < -0.39 is 16.9 Å². The van der Waals surface area contributed by atoms with Crippen LogP contribution in [0.2, 0.25) is 0 Å². The molecule has 1 unspecified atom stereocenters. The van der Waals surface area contributed by atoms with Gasteiger partial charge in [-0.25, -0.2) is 4.98 Å². The van der Waals surface area contributed by atoms with E-state index in [4.69, 9.17) is 0 Å². The van der Waals surface area contributed by atoms with E-state index in [1.165, 1.54) is 19.2 Å². The molecule has 1 aliphatic heterocycles. The number of hydrogen-bond donors (Lipinski definition) is 2. The quantitative estimate of drug-likeness (QED) is 0.459. The monoisotopic (exact) mass is 279 g/mol. The molecule has 106 valence electrons. The molecule has 1 atom stereocenters. The minimum Gasteiger partial charge on any atom is -0.373 e. The zero-order valence-electron chi connectivity index (χ0n) is 10.9. The molecule has 20 heavy (non-hydrogen) atoms. The average molecular weight is 279 g/mol. The van der Waals surface area contributed by atoms with E-state index in [1.54, 1.807) is 7.05 Å². The van der Waals surface area contributed by atoms with Crippen LogP contribution >= 0.6 is 0 Å². The van der Waals surface area contributed by atoms with Crippen LogP contribution in [0, 0.1) is 10.1 Å². The molecule has 0 radical (unpaired) electrons. The van der Waals surface area contributed by atoms with Crippen LogP contribution in [0.4, 0.5) is 17.3 Å². The fraction of sp³-hybridized carbons (Fsp3) is 0.364. The second-order valence-electron chi connectivity index (χ2n) is 4.26. The minimum atomic E-state index is -0.828. The molecule has 2 amide bonds. The van der Waals surface area contributed by atoms with Crippen molar-refractivity contribution in [1.82, 2.24) is 9.88 Å².